The lowest BCUT2D eigenvalue weighted by atomic mass is 9.74. The number of halogens is 4. The third-order valence-corrected chi connectivity index (χ3v) is 3.50. The molecule has 0 aromatic heterocycles. The Labute approximate surface area is 107 Å². The first-order valence-corrected chi connectivity index (χ1v) is 5.77. The van der Waals surface area contributed by atoms with Crippen LogP contribution in [0.2, 0.25) is 0 Å². The molecule has 0 amide bonds. The molecule has 0 atom stereocenters. The SMILES string of the molecule is COC1(C(=O)c2ccc(C(F)(F)F)c(F)c2)CCC1. The van der Waals surface area contributed by atoms with Crippen molar-refractivity contribution in [2.75, 3.05) is 7.11 Å². The predicted molar refractivity (Wildman–Crippen MR) is 59.3 cm³/mol. The summed E-state index contributed by atoms with van der Waals surface area (Å²) in [6.07, 6.45) is -2.94. The highest BCUT2D eigenvalue weighted by atomic mass is 19.4. The Morgan fingerprint density at radius 3 is 2.32 bits per heavy atom. The zero-order valence-electron chi connectivity index (χ0n) is 10.2. The first kappa shape index (κ1) is 14.0. The molecule has 1 aromatic rings. The normalized spacial score (nSPS) is 17.9. The van der Waals surface area contributed by atoms with E-state index in [2.05, 4.69) is 0 Å². The van der Waals surface area contributed by atoms with Crippen LogP contribution >= 0.6 is 0 Å². The molecule has 0 saturated heterocycles. The van der Waals surface area contributed by atoms with Gasteiger partial charge in [-0.2, -0.15) is 13.2 Å². The van der Waals surface area contributed by atoms with Crippen molar-refractivity contribution in [2.45, 2.75) is 31.0 Å². The Kier molecular flexibility index (Phi) is 3.38. The highest BCUT2D eigenvalue weighted by Crippen LogP contribution is 2.39. The number of rotatable bonds is 3. The maximum Gasteiger partial charge on any atom is 0.419 e. The molecule has 0 spiro atoms. The number of ketones is 1. The second-order valence-corrected chi connectivity index (χ2v) is 4.57. The van der Waals surface area contributed by atoms with Crippen molar-refractivity contribution < 1.29 is 27.1 Å². The highest BCUT2D eigenvalue weighted by molar-refractivity contribution is 6.03. The van der Waals surface area contributed by atoms with Gasteiger partial charge < -0.3 is 4.74 Å². The first-order valence-electron chi connectivity index (χ1n) is 5.77. The molecule has 1 fully saturated rings. The van der Waals surface area contributed by atoms with Gasteiger partial charge in [-0.25, -0.2) is 4.39 Å². The molecule has 1 aromatic carbocycles. The Morgan fingerprint density at radius 1 is 1.32 bits per heavy atom. The Hall–Kier alpha value is -1.43. The number of benzene rings is 1. The van der Waals surface area contributed by atoms with Crippen molar-refractivity contribution in [2.24, 2.45) is 0 Å². The van der Waals surface area contributed by atoms with Crippen LogP contribution in [0.1, 0.15) is 35.2 Å². The van der Waals surface area contributed by atoms with E-state index in [9.17, 15) is 22.4 Å². The summed E-state index contributed by atoms with van der Waals surface area (Å²) in [5, 5.41) is 0. The zero-order chi connectivity index (χ0) is 14.3. The number of ether oxygens (including phenoxy) is 1. The second kappa shape index (κ2) is 4.59. The summed E-state index contributed by atoms with van der Waals surface area (Å²) in [7, 11) is 1.37. The van der Waals surface area contributed by atoms with Crippen LogP contribution < -0.4 is 0 Å². The average molecular weight is 276 g/mol. The van der Waals surface area contributed by atoms with Gasteiger partial charge in [-0.15, -0.1) is 0 Å². The van der Waals surface area contributed by atoms with Crippen LogP contribution in [0.3, 0.4) is 0 Å². The molecule has 1 aliphatic rings. The molecule has 0 aliphatic heterocycles. The lowest BCUT2D eigenvalue weighted by Crippen LogP contribution is -2.47. The summed E-state index contributed by atoms with van der Waals surface area (Å²) in [6.45, 7) is 0. The second-order valence-electron chi connectivity index (χ2n) is 4.57. The third kappa shape index (κ3) is 2.36. The van der Waals surface area contributed by atoms with Crippen molar-refractivity contribution in [1.82, 2.24) is 0 Å². The number of hydrogen-bond donors (Lipinski definition) is 0. The lowest BCUT2D eigenvalue weighted by Gasteiger charge is -2.38. The van der Waals surface area contributed by atoms with E-state index >= 15 is 0 Å². The van der Waals surface area contributed by atoms with Crippen LogP contribution in [-0.4, -0.2) is 18.5 Å². The van der Waals surface area contributed by atoms with E-state index in [1.165, 1.54) is 7.11 Å². The maximum atomic E-state index is 13.4. The fourth-order valence-corrected chi connectivity index (χ4v) is 2.17. The lowest BCUT2D eigenvalue weighted by molar-refractivity contribution is -0.140. The van der Waals surface area contributed by atoms with Crippen LogP contribution in [0, 0.1) is 5.82 Å². The molecule has 2 rings (SSSR count). The largest absolute Gasteiger partial charge is 0.419 e. The summed E-state index contributed by atoms with van der Waals surface area (Å²) in [5.41, 5.74) is -2.46. The molecule has 104 valence electrons. The monoisotopic (exact) mass is 276 g/mol. The maximum absolute atomic E-state index is 13.4. The van der Waals surface area contributed by atoms with Gasteiger partial charge in [0.15, 0.2) is 5.78 Å². The number of methoxy groups -OCH3 is 1. The molecular weight excluding hydrogens is 264 g/mol. The van der Waals surface area contributed by atoms with Gasteiger partial charge >= 0.3 is 6.18 Å². The minimum Gasteiger partial charge on any atom is -0.370 e. The van der Waals surface area contributed by atoms with E-state index < -0.39 is 28.9 Å². The number of carbonyl (C=O) groups excluding carboxylic acids is 1. The van der Waals surface area contributed by atoms with E-state index in [0.29, 0.717) is 25.0 Å². The zero-order valence-corrected chi connectivity index (χ0v) is 10.2. The summed E-state index contributed by atoms with van der Waals surface area (Å²) < 4.78 is 55.8. The minimum atomic E-state index is -4.76. The standard InChI is InChI=1S/C13H12F4O2/c1-19-12(5-2-6-12)11(18)8-3-4-9(10(14)7-8)13(15,16)17/h3-4,7H,2,5-6H2,1H3. The molecule has 1 saturated carbocycles. The average Bonchev–Trinajstić information content (AvgIpc) is 2.26. The van der Waals surface area contributed by atoms with Gasteiger partial charge in [0, 0.05) is 12.7 Å². The van der Waals surface area contributed by atoms with Crippen molar-refractivity contribution in [3.8, 4) is 0 Å². The van der Waals surface area contributed by atoms with Crippen LogP contribution in [0.5, 0.6) is 0 Å². The predicted octanol–water partition coefficient (Wildman–Crippen LogP) is 3.60. The molecular formula is C13H12F4O2. The quantitative estimate of drug-likeness (QED) is 0.623. The smallest absolute Gasteiger partial charge is 0.370 e. The first-order chi connectivity index (χ1) is 8.80. The Morgan fingerprint density at radius 2 is 1.95 bits per heavy atom. The van der Waals surface area contributed by atoms with Gasteiger partial charge in [-0.05, 0) is 31.4 Å². The molecule has 0 bridgehead atoms. The molecule has 0 N–H and O–H groups in total. The molecule has 0 radical (unpaired) electrons. The van der Waals surface area contributed by atoms with Gasteiger partial charge in [0.25, 0.3) is 0 Å². The Balaban J connectivity index is 2.33. The summed E-state index contributed by atoms with van der Waals surface area (Å²) in [4.78, 5) is 12.1. The summed E-state index contributed by atoms with van der Waals surface area (Å²) >= 11 is 0. The van der Waals surface area contributed by atoms with E-state index in [1.54, 1.807) is 0 Å². The third-order valence-electron chi connectivity index (χ3n) is 3.50. The number of alkyl halides is 3. The van der Waals surface area contributed by atoms with Crippen LogP contribution in [-0.2, 0) is 10.9 Å². The van der Waals surface area contributed by atoms with Crippen molar-refractivity contribution in [3.63, 3.8) is 0 Å². The Bertz CT molecular complexity index is 498. The topological polar surface area (TPSA) is 26.3 Å². The fraction of sp³-hybridized carbons (Fsp3) is 0.462. The van der Waals surface area contributed by atoms with E-state index in [1.807, 2.05) is 0 Å². The number of Topliss-reactive ketones (excluding diaryl/α,β-unsaturated/α-hetero) is 1. The van der Waals surface area contributed by atoms with E-state index in [-0.39, 0.29) is 5.56 Å². The highest BCUT2D eigenvalue weighted by Gasteiger charge is 2.45. The van der Waals surface area contributed by atoms with Crippen molar-refractivity contribution >= 4 is 5.78 Å². The molecule has 0 heterocycles. The summed E-state index contributed by atoms with van der Waals surface area (Å²) in [6, 6.07) is 2.21. The van der Waals surface area contributed by atoms with E-state index in [0.717, 1.165) is 12.5 Å². The fourth-order valence-electron chi connectivity index (χ4n) is 2.17. The van der Waals surface area contributed by atoms with Gasteiger partial charge in [0.1, 0.15) is 11.4 Å². The van der Waals surface area contributed by atoms with Gasteiger partial charge in [-0.1, -0.05) is 6.07 Å². The number of hydrogen-bond acceptors (Lipinski definition) is 2. The molecule has 2 nitrogen and oxygen atoms in total. The molecule has 19 heavy (non-hydrogen) atoms. The molecule has 0 unspecified atom stereocenters. The van der Waals surface area contributed by atoms with E-state index in [4.69, 9.17) is 4.74 Å². The minimum absolute atomic E-state index is 0.0907. The van der Waals surface area contributed by atoms with Crippen LogP contribution in [0.4, 0.5) is 17.6 Å². The number of carbonyl (C=O) groups is 1. The van der Waals surface area contributed by atoms with Gasteiger partial charge in [0.2, 0.25) is 0 Å². The van der Waals surface area contributed by atoms with Crippen LogP contribution in [0.25, 0.3) is 0 Å². The van der Waals surface area contributed by atoms with Gasteiger partial charge in [0.05, 0.1) is 5.56 Å². The van der Waals surface area contributed by atoms with Crippen LogP contribution in [0.15, 0.2) is 18.2 Å². The van der Waals surface area contributed by atoms with Crippen molar-refractivity contribution in [1.29, 1.82) is 0 Å². The molecule has 1 aliphatic carbocycles. The van der Waals surface area contributed by atoms with Crippen molar-refractivity contribution in [3.05, 3.63) is 35.1 Å². The van der Waals surface area contributed by atoms with Gasteiger partial charge in [-0.3, -0.25) is 4.79 Å². The summed E-state index contributed by atoms with van der Waals surface area (Å²) in [5.74, 6) is -1.90. The molecule has 6 heteroatoms.